The number of likely N-dealkylation sites (tertiary alicyclic amines) is 1. The van der Waals surface area contributed by atoms with Crippen molar-refractivity contribution in [1.82, 2.24) is 10.2 Å². The second kappa shape index (κ2) is 9.84. The van der Waals surface area contributed by atoms with Crippen molar-refractivity contribution in [2.24, 2.45) is 11.8 Å². The van der Waals surface area contributed by atoms with Crippen LogP contribution in [-0.2, 0) is 25.7 Å². The topological polar surface area (TPSA) is 108 Å². The van der Waals surface area contributed by atoms with Gasteiger partial charge in [-0.1, -0.05) is 48.9 Å². The van der Waals surface area contributed by atoms with Gasteiger partial charge < -0.3 is 25.4 Å². The molecule has 6 atom stereocenters. The lowest BCUT2D eigenvalue weighted by Gasteiger charge is -2.36. The summed E-state index contributed by atoms with van der Waals surface area (Å²) in [6, 6.07) is 14.8. The molecule has 5 rings (SSSR count). The number of aliphatic hydroxyl groups excluding tert-OH is 1. The van der Waals surface area contributed by atoms with Crippen molar-refractivity contribution in [3.63, 3.8) is 0 Å². The maximum Gasteiger partial charge on any atom is 0.250 e. The zero-order valence-electron chi connectivity index (χ0n) is 20.0. The number of rotatable bonds is 8. The monoisotopic (exact) mass is 511 g/mol. The van der Waals surface area contributed by atoms with E-state index >= 15 is 0 Å². The molecule has 3 amide bonds. The third kappa shape index (κ3) is 4.07. The van der Waals surface area contributed by atoms with Crippen molar-refractivity contribution >= 4 is 35.0 Å². The fraction of sp³-hybridized carbons (Fsp3) is 0.444. The van der Waals surface area contributed by atoms with Crippen molar-refractivity contribution in [3.8, 4) is 0 Å². The van der Waals surface area contributed by atoms with Crippen molar-refractivity contribution in [2.75, 3.05) is 11.9 Å². The van der Waals surface area contributed by atoms with Gasteiger partial charge in [0.2, 0.25) is 17.7 Å². The van der Waals surface area contributed by atoms with Gasteiger partial charge >= 0.3 is 0 Å². The Morgan fingerprint density at radius 1 is 1.17 bits per heavy atom. The Hall–Kier alpha value is -2.94. The van der Waals surface area contributed by atoms with Gasteiger partial charge in [-0.2, -0.15) is 0 Å². The van der Waals surface area contributed by atoms with Crippen LogP contribution in [0.15, 0.2) is 54.6 Å². The number of fused-ring (bicyclic) bond motifs is 1. The molecule has 8 nitrogen and oxygen atoms in total. The van der Waals surface area contributed by atoms with Crippen LogP contribution < -0.4 is 10.6 Å². The normalized spacial score (nSPS) is 29.2. The number of ether oxygens (including phenoxy) is 1. The highest BCUT2D eigenvalue weighted by Gasteiger charge is 2.75. The molecule has 36 heavy (non-hydrogen) atoms. The zero-order valence-corrected chi connectivity index (χ0v) is 20.8. The Labute approximate surface area is 215 Å². The summed E-state index contributed by atoms with van der Waals surface area (Å²) < 4.78 is 6.41. The minimum absolute atomic E-state index is 0.250. The highest BCUT2D eigenvalue weighted by Crippen LogP contribution is 2.59. The molecule has 2 aromatic carbocycles. The maximum atomic E-state index is 13.9. The summed E-state index contributed by atoms with van der Waals surface area (Å²) >= 11 is 5.98. The fourth-order valence-electron chi connectivity index (χ4n) is 6.14. The molecule has 2 aromatic rings. The third-order valence-electron chi connectivity index (χ3n) is 7.79. The largest absolute Gasteiger partial charge is 0.394 e. The van der Waals surface area contributed by atoms with Crippen molar-refractivity contribution in [3.05, 3.63) is 65.2 Å². The van der Waals surface area contributed by atoms with Gasteiger partial charge in [-0.05, 0) is 49.1 Å². The number of hydrogen-bond donors (Lipinski definition) is 3. The second-order valence-corrected chi connectivity index (χ2v) is 10.2. The number of benzene rings is 2. The van der Waals surface area contributed by atoms with Crippen LogP contribution >= 0.6 is 11.6 Å². The summed E-state index contributed by atoms with van der Waals surface area (Å²) in [6.07, 6.45) is 1.11. The Morgan fingerprint density at radius 3 is 2.56 bits per heavy atom. The number of aliphatic hydroxyl groups is 1. The van der Waals surface area contributed by atoms with Crippen LogP contribution in [0.5, 0.6) is 0 Å². The molecule has 2 bridgehead atoms. The fourth-order valence-corrected chi connectivity index (χ4v) is 6.27. The number of anilines is 1. The summed E-state index contributed by atoms with van der Waals surface area (Å²) in [6.45, 7) is 1.91. The Balaban J connectivity index is 1.44. The first kappa shape index (κ1) is 24.7. The van der Waals surface area contributed by atoms with Gasteiger partial charge in [0, 0.05) is 17.3 Å². The minimum atomic E-state index is -1.12. The van der Waals surface area contributed by atoms with Gasteiger partial charge in [-0.3, -0.25) is 14.4 Å². The van der Waals surface area contributed by atoms with Crippen LogP contribution in [0.4, 0.5) is 5.69 Å². The first-order chi connectivity index (χ1) is 17.4. The summed E-state index contributed by atoms with van der Waals surface area (Å²) in [5.74, 6) is -2.43. The number of carbonyl (C=O) groups excluding carboxylic acids is 3. The van der Waals surface area contributed by atoms with Gasteiger partial charge in [-0.15, -0.1) is 0 Å². The van der Waals surface area contributed by atoms with Crippen molar-refractivity contribution < 1.29 is 24.2 Å². The van der Waals surface area contributed by atoms with Gasteiger partial charge in [-0.25, -0.2) is 0 Å². The van der Waals surface area contributed by atoms with E-state index in [1.165, 1.54) is 4.90 Å². The molecule has 3 fully saturated rings. The molecule has 1 spiro atoms. The maximum absolute atomic E-state index is 13.9. The number of halogens is 1. The second-order valence-electron chi connectivity index (χ2n) is 9.75. The molecule has 0 saturated carbocycles. The van der Waals surface area contributed by atoms with Crippen molar-refractivity contribution in [1.29, 1.82) is 0 Å². The minimum Gasteiger partial charge on any atom is -0.394 e. The van der Waals surface area contributed by atoms with Gasteiger partial charge in [0.1, 0.15) is 11.6 Å². The first-order valence-electron chi connectivity index (χ1n) is 12.4. The van der Waals surface area contributed by atoms with E-state index in [4.69, 9.17) is 16.3 Å². The molecule has 3 aliphatic heterocycles. The van der Waals surface area contributed by atoms with Crippen LogP contribution in [0.1, 0.15) is 31.7 Å². The average Bonchev–Trinajstić information content (AvgIpc) is 3.53. The van der Waals surface area contributed by atoms with Crippen LogP contribution in [-0.4, -0.2) is 58.1 Å². The van der Waals surface area contributed by atoms with E-state index in [-0.39, 0.29) is 18.4 Å². The smallest absolute Gasteiger partial charge is 0.250 e. The quantitative estimate of drug-likeness (QED) is 0.505. The number of amides is 3. The Bertz CT molecular complexity index is 1140. The number of carbonyl (C=O) groups is 3. The van der Waals surface area contributed by atoms with E-state index in [2.05, 4.69) is 10.6 Å². The molecule has 0 aromatic heterocycles. The number of nitrogens with one attached hydrogen (secondary N) is 2. The lowest BCUT2D eigenvalue weighted by molar-refractivity contribution is -0.144. The molecule has 9 heteroatoms. The molecule has 3 heterocycles. The van der Waals surface area contributed by atoms with Crippen LogP contribution in [0, 0.1) is 11.8 Å². The number of hydrogen-bond acceptors (Lipinski definition) is 5. The molecule has 0 aliphatic carbocycles. The van der Waals surface area contributed by atoms with Gasteiger partial charge in [0.15, 0.2) is 0 Å². The summed E-state index contributed by atoms with van der Waals surface area (Å²) in [5.41, 5.74) is 0.379. The van der Waals surface area contributed by atoms with E-state index in [0.717, 1.165) is 5.56 Å². The Kier molecular flexibility index (Phi) is 6.76. The molecular weight excluding hydrogens is 482 g/mol. The SMILES string of the molecule is CC[C@@H](CO)N1C(=O)[C@@H]2[C@H](C(=O)NCc3ccccc3)[C@@H]3CCC2(O3)C1C(=O)Nc1ccc(Cl)cc1. The molecule has 190 valence electrons. The standard InChI is InChI=1S/C27H30ClN3O5/c1-2-19(15-32)31-23(25(34)30-18-10-8-17(28)9-11-18)27-13-12-20(36-27)21(22(27)26(31)35)24(33)29-14-16-6-4-3-5-7-16/h3-11,19-23,32H,2,12-15H2,1H3,(H,29,33)(H,30,34)/t19-,20-,21+,22-,23?,27?/m0/s1. The predicted octanol–water partition coefficient (Wildman–Crippen LogP) is 2.74. The highest BCUT2D eigenvalue weighted by atomic mass is 35.5. The van der Waals surface area contributed by atoms with E-state index in [1.54, 1.807) is 24.3 Å². The first-order valence-corrected chi connectivity index (χ1v) is 12.8. The molecular formula is C27H30ClN3O5. The summed E-state index contributed by atoms with van der Waals surface area (Å²) in [5, 5.41) is 16.5. The van der Waals surface area contributed by atoms with Crippen molar-refractivity contribution in [2.45, 2.75) is 56.5 Å². The van der Waals surface area contributed by atoms with Crippen LogP contribution in [0.2, 0.25) is 5.02 Å². The molecule has 2 unspecified atom stereocenters. The average molecular weight is 512 g/mol. The zero-order chi connectivity index (χ0) is 25.4. The van der Waals surface area contributed by atoms with E-state index in [0.29, 0.717) is 36.5 Å². The van der Waals surface area contributed by atoms with E-state index < -0.39 is 41.5 Å². The number of nitrogens with zero attached hydrogens (tertiary/aromatic N) is 1. The predicted molar refractivity (Wildman–Crippen MR) is 134 cm³/mol. The highest BCUT2D eigenvalue weighted by molar-refractivity contribution is 6.30. The van der Waals surface area contributed by atoms with Crippen LogP contribution in [0.25, 0.3) is 0 Å². The van der Waals surface area contributed by atoms with E-state index in [9.17, 15) is 19.5 Å². The lowest BCUT2D eigenvalue weighted by atomic mass is 9.70. The molecule has 3 N–H and O–H groups in total. The van der Waals surface area contributed by atoms with Gasteiger partial charge in [0.05, 0.1) is 30.6 Å². The van der Waals surface area contributed by atoms with Gasteiger partial charge in [0.25, 0.3) is 0 Å². The van der Waals surface area contributed by atoms with Crippen LogP contribution in [0.3, 0.4) is 0 Å². The lowest BCUT2D eigenvalue weighted by Crippen LogP contribution is -2.56. The Morgan fingerprint density at radius 2 is 1.89 bits per heavy atom. The third-order valence-corrected chi connectivity index (χ3v) is 8.04. The summed E-state index contributed by atoms with van der Waals surface area (Å²) in [7, 11) is 0. The van der Waals surface area contributed by atoms with E-state index in [1.807, 2.05) is 37.3 Å². The molecule has 0 radical (unpaired) electrons. The molecule has 3 saturated heterocycles. The summed E-state index contributed by atoms with van der Waals surface area (Å²) in [4.78, 5) is 42.4. The molecule has 3 aliphatic rings.